The third-order valence-corrected chi connectivity index (χ3v) is 2.57. The van der Waals surface area contributed by atoms with Crippen LogP contribution < -0.4 is 5.32 Å². The molecule has 1 heterocycles. The molecule has 0 aromatic rings. The summed E-state index contributed by atoms with van der Waals surface area (Å²) in [5.41, 5.74) is 0. The van der Waals surface area contributed by atoms with Crippen LogP contribution in [-0.4, -0.2) is 51.4 Å². The van der Waals surface area contributed by atoms with Crippen LogP contribution in [0.3, 0.4) is 0 Å². The summed E-state index contributed by atoms with van der Waals surface area (Å²) < 4.78 is 14.6. The standard InChI is InChI=1S/C6H14NO6P/c8-2-5-6(9)1-4(7-5)3-13-14(10,11)12/h4-9H,1-3H2,(H2,10,11,12)/t4-,5+,6-/m0/s1. The maximum Gasteiger partial charge on any atom is 0.469 e. The van der Waals surface area contributed by atoms with Crippen LogP contribution in [-0.2, 0) is 9.09 Å². The SMILES string of the molecule is O=P(O)(O)OC[C@@H]1C[C@H](O)[C@@H](CO)N1. The van der Waals surface area contributed by atoms with E-state index in [-0.39, 0.29) is 19.3 Å². The average Bonchev–Trinajstić information content (AvgIpc) is 2.42. The van der Waals surface area contributed by atoms with Crippen molar-refractivity contribution in [2.45, 2.75) is 24.6 Å². The highest BCUT2D eigenvalue weighted by Crippen LogP contribution is 2.36. The van der Waals surface area contributed by atoms with E-state index in [2.05, 4.69) is 9.84 Å². The Morgan fingerprint density at radius 2 is 2.14 bits per heavy atom. The lowest BCUT2D eigenvalue weighted by Gasteiger charge is -2.13. The van der Waals surface area contributed by atoms with Crippen LogP contribution in [0.4, 0.5) is 0 Å². The van der Waals surface area contributed by atoms with Gasteiger partial charge in [-0.05, 0) is 6.42 Å². The van der Waals surface area contributed by atoms with Crippen LogP contribution in [0.2, 0.25) is 0 Å². The zero-order valence-electron chi connectivity index (χ0n) is 7.41. The quantitative estimate of drug-likeness (QED) is 0.359. The Balaban J connectivity index is 2.32. The summed E-state index contributed by atoms with van der Waals surface area (Å²) in [6.07, 6.45) is -0.393. The van der Waals surface area contributed by atoms with Crippen molar-refractivity contribution in [2.24, 2.45) is 0 Å². The zero-order valence-corrected chi connectivity index (χ0v) is 8.30. The Morgan fingerprint density at radius 3 is 2.57 bits per heavy atom. The second-order valence-electron chi connectivity index (χ2n) is 3.24. The normalized spacial score (nSPS) is 33.6. The number of phosphoric acid groups is 1. The Morgan fingerprint density at radius 1 is 1.50 bits per heavy atom. The zero-order chi connectivity index (χ0) is 10.8. The summed E-state index contributed by atoms with van der Waals surface area (Å²) in [5.74, 6) is 0. The van der Waals surface area contributed by atoms with Gasteiger partial charge in [0.15, 0.2) is 0 Å². The maximum absolute atomic E-state index is 10.4. The van der Waals surface area contributed by atoms with Gasteiger partial charge in [-0.25, -0.2) is 4.57 Å². The van der Waals surface area contributed by atoms with Gasteiger partial charge in [-0.15, -0.1) is 0 Å². The van der Waals surface area contributed by atoms with Crippen molar-refractivity contribution in [3.8, 4) is 0 Å². The van der Waals surface area contributed by atoms with Crippen molar-refractivity contribution < 1.29 is 29.1 Å². The lowest BCUT2D eigenvalue weighted by Crippen LogP contribution is -2.37. The number of hydrogen-bond acceptors (Lipinski definition) is 5. The fourth-order valence-electron chi connectivity index (χ4n) is 1.42. The minimum absolute atomic E-state index is 0.183. The molecule has 84 valence electrons. The molecule has 1 fully saturated rings. The Labute approximate surface area is 80.9 Å². The smallest absolute Gasteiger partial charge is 0.395 e. The van der Waals surface area contributed by atoms with Gasteiger partial charge in [0.1, 0.15) is 0 Å². The molecular formula is C6H14NO6P. The number of aliphatic hydroxyl groups excluding tert-OH is 2. The first kappa shape index (κ1) is 12.1. The van der Waals surface area contributed by atoms with E-state index < -0.39 is 20.0 Å². The molecule has 0 aliphatic carbocycles. The number of aliphatic hydroxyl groups is 2. The van der Waals surface area contributed by atoms with Gasteiger partial charge in [-0.1, -0.05) is 0 Å². The van der Waals surface area contributed by atoms with Gasteiger partial charge in [-0.2, -0.15) is 0 Å². The summed E-state index contributed by atoms with van der Waals surface area (Å²) >= 11 is 0. The molecule has 1 saturated heterocycles. The first-order chi connectivity index (χ1) is 6.42. The van der Waals surface area contributed by atoms with E-state index in [4.69, 9.17) is 14.9 Å². The van der Waals surface area contributed by atoms with E-state index in [1.807, 2.05) is 0 Å². The number of rotatable bonds is 4. The van der Waals surface area contributed by atoms with Crippen LogP contribution in [0.15, 0.2) is 0 Å². The average molecular weight is 227 g/mol. The molecule has 5 N–H and O–H groups in total. The van der Waals surface area contributed by atoms with Crippen molar-refractivity contribution in [3.63, 3.8) is 0 Å². The van der Waals surface area contributed by atoms with Crippen molar-refractivity contribution in [2.75, 3.05) is 13.2 Å². The van der Waals surface area contributed by atoms with Crippen molar-refractivity contribution in [1.29, 1.82) is 0 Å². The number of hydrogen-bond donors (Lipinski definition) is 5. The minimum atomic E-state index is -4.45. The fourth-order valence-corrected chi connectivity index (χ4v) is 1.79. The monoisotopic (exact) mass is 227 g/mol. The van der Waals surface area contributed by atoms with Crippen LogP contribution in [0.25, 0.3) is 0 Å². The van der Waals surface area contributed by atoms with Gasteiger partial charge < -0.3 is 25.3 Å². The lowest BCUT2D eigenvalue weighted by atomic mass is 10.1. The number of nitrogens with one attached hydrogen (secondary N) is 1. The third-order valence-electron chi connectivity index (χ3n) is 2.08. The van der Waals surface area contributed by atoms with Gasteiger partial charge in [0.05, 0.1) is 25.4 Å². The van der Waals surface area contributed by atoms with Gasteiger partial charge >= 0.3 is 7.82 Å². The van der Waals surface area contributed by atoms with Gasteiger partial charge in [0, 0.05) is 6.04 Å². The molecule has 0 unspecified atom stereocenters. The van der Waals surface area contributed by atoms with Gasteiger partial charge in [0.25, 0.3) is 0 Å². The highest BCUT2D eigenvalue weighted by atomic mass is 31.2. The molecule has 0 radical (unpaired) electrons. The lowest BCUT2D eigenvalue weighted by molar-refractivity contribution is 0.120. The topological polar surface area (TPSA) is 119 Å². The minimum Gasteiger partial charge on any atom is -0.395 e. The number of phosphoric ester groups is 1. The van der Waals surface area contributed by atoms with E-state index in [1.54, 1.807) is 0 Å². The first-order valence-corrected chi connectivity index (χ1v) is 5.70. The van der Waals surface area contributed by atoms with E-state index in [0.29, 0.717) is 6.42 Å². The largest absolute Gasteiger partial charge is 0.469 e. The molecule has 0 aromatic heterocycles. The molecule has 0 aromatic carbocycles. The predicted molar refractivity (Wildman–Crippen MR) is 46.4 cm³/mol. The summed E-state index contributed by atoms with van der Waals surface area (Å²) in [4.78, 5) is 16.8. The summed E-state index contributed by atoms with van der Waals surface area (Å²) in [6, 6.07) is -0.782. The van der Waals surface area contributed by atoms with Gasteiger partial charge in [-0.3, -0.25) is 4.52 Å². The molecule has 1 aliphatic heterocycles. The van der Waals surface area contributed by atoms with E-state index in [1.165, 1.54) is 0 Å². The van der Waals surface area contributed by atoms with Crippen molar-refractivity contribution in [3.05, 3.63) is 0 Å². The molecule has 8 heteroatoms. The summed E-state index contributed by atoms with van der Waals surface area (Å²) in [7, 11) is -4.45. The van der Waals surface area contributed by atoms with E-state index >= 15 is 0 Å². The van der Waals surface area contributed by atoms with Gasteiger partial charge in [0.2, 0.25) is 0 Å². The maximum atomic E-state index is 10.4. The highest BCUT2D eigenvalue weighted by molar-refractivity contribution is 7.46. The van der Waals surface area contributed by atoms with Crippen LogP contribution in [0.1, 0.15) is 6.42 Å². The van der Waals surface area contributed by atoms with Crippen LogP contribution in [0, 0.1) is 0 Å². The summed E-state index contributed by atoms with van der Waals surface area (Å²) in [5, 5.41) is 20.9. The fraction of sp³-hybridized carbons (Fsp3) is 1.00. The van der Waals surface area contributed by atoms with E-state index in [0.717, 1.165) is 0 Å². The molecular weight excluding hydrogens is 213 g/mol. The third kappa shape index (κ3) is 3.62. The van der Waals surface area contributed by atoms with E-state index in [9.17, 15) is 9.67 Å². The molecule has 0 bridgehead atoms. The second-order valence-corrected chi connectivity index (χ2v) is 4.48. The van der Waals surface area contributed by atoms with Crippen molar-refractivity contribution in [1.82, 2.24) is 5.32 Å². The molecule has 14 heavy (non-hydrogen) atoms. The molecule has 0 amide bonds. The molecule has 0 saturated carbocycles. The molecule has 7 nitrogen and oxygen atoms in total. The predicted octanol–water partition coefficient (Wildman–Crippen LogP) is -1.82. The molecule has 3 atom stereocenters. The summed E-state index contributed by atoms with van der Waals surface area (Å²) in [6.45, 7) is -0.397. The van der Waals surface area contributed by atoms with Crippen molar-refractivity contribution >= 4 is 7.82 Å². The highest BCUT2D eigenvalue weighted by Gasteiger charge is 2.32. The Bertz CT molecular complexity index is 230. The Hall–Kier alpha value is -0.0100. The molecule has 1 rings (SSSR count). The van der Waals surface area contributed by atoms with Crippen LogP contribution in [0.5, 0.6) is 0 Å². The Kier molecular flexibility index (Phi) is 4.03. The first-order valence-electron chi connectivity index (χ1n) is 4.17. The van der Waals surface area contributed by atoms with Crippen LogP contribution >= 0.6 is 7.82 Å². The molecule has 1 aliphatic rings. The second kappa shape index (κ2) is 4.67. The molecule has 0 spiro atoms.